The average molecular weight is 487 g/mol. The normalized spacial score (nSPS) is 18.1. The van der Waals surface area contributed by atoms with Gasteiger partial charge in [0.05, 0.1) is 18.7 Å². The van der Waals surface area contributed by atoms with Gasteiger partial charge in [0.2, 0.25) is 0 Å². The van der Waals surface area contributed by atoms with Crippen LogP contribution in [0.3, 0.4) is 0 Å². The zero-order valence-corrected chi connectivity index (χ0v) is 19.6. The molecule has 2 aromatic rings. The minimum Gasteiger partial charge on any atom is -0.507 e. The summed E-state index contributed by atoms with van der Waals surface area (Å²) in [5.74, 6) is -0.795. The Morgan fingerprint density at radius 3 is 2.23 bits per heavy atom. The van der Waals surface area contributed by atoms with Crippen molar-refractivity contribution in [2.45, 2.75) is 19.9 Å². The van der Waals surface area contributed by atoms with E-state index < -0.39 is 17.7 Å². The van der Waals surface area contributed by atoms with Crippen molar-refractivity contribution in [3.8, 4) is 5.75 Å². The van der Waals surface area contributed by atoms with Crippen molar-refractivity contribution in [2.75, 3.05) is 33.3 Å². The van der Waals surface area contributed by atoms with Gasteiger partial charge in [-0.3, -0.25) is 9.59 Å². The number of halogens is 1. The number of nitrogens with zero attached hydrogens (tertiary/aromatic N) is 2. The van der Waals surface area contributed by atoms with Crippen LogP contribution < -0.4 is 4.74 Å². The number of amides is 1. The Kier molecular flexibility index (Phi) is 7.51. The van der Waals surface area contributed by atoms with E-state index in [-0.39, 0.29) is 11.3 Å². The molecule has 1 aliphatic heterocycles. The van der Waals surface area contributed by atoms with Gasteiger partial charge in [-0.15, -0.1) is 0 Å². The van der Waals surface area contributed by atoms with Crippen LogP contribution >= 0.6 is 15.9 Å². The van der Waals surface area contributed by atoms with Crippen LogP contribution in [-0.2, 0) is 9.59 Å². The maximum atomic E-state index is 13.0. The zero-order chi connectivity index (χ0) is 22.5. The molecule has 1 atom stereocenters. The molecule has 0 spiro atoms. The second kappa shape index (κ2) is 10.1. The molecule has 3 rings (SSSR count). The molecule has 7 heteroatoms. The highest BCUT2D eigenvalue weighted by Gasteiger charge is 2.45. The molecule has 1 saturated heterocycles. The fourth-order valence-electron chi connectivity index (χ4n) is 3.80. The summed E-state index contributed by atoms with van der Waals surface area (Å²) >= 11 is 3.43. The van der Waals surface area contributed by atoms with E-state index in [0.717, 1.165) is 23.1 Å². The van der Waals surface area contributed by atoms with Gasteiger partial charge in [0.25, 0.3) is 11.7 Å². The number of rotatable bonds is 8. The molecule has 0 radical (unpaired) electrons. The largest absolute Gasteiger partial charge is 0.507 e. The summed E-state index contributed by atoms with van der Waals surface area (Å²) in [6.07, 6.45) is 0. The lowest BCUT2D eigenvalue weighted by molar-refractivity contribution is -0.140. The number of hydrogen-bond acceptors (Lipinski definition) is 5. The summed E-state index contributed by atoms with van der Waals surface area (Å²) in [7, 11) is 1.56. The highest BCUT2D eigenvalue weighted by molar-refractivity contribution is 9.10. The van der Waals surface area contributed by atoms with Crippen molar-refractivity contribution in [2.24, 2.45) is 0 Å². The number of ether oxygens (including phenoxy) is 1. The van der Waals surface area contributed by atoms with Gasteiger partial charge in [0.1, 0.15) is 11.5 Å². The lowest BCUT2D eigenvalue weighted by atomic mass is 9.95. The van der Waals surface area contributed by atoms with Crippen molar-refractivity contribution < 1.29 is 19.4 Å². The smallest absolute Gasteiger partial charge is 0.295 e. The summed E-state index contributed by atoms with van der Waals surface area (Å²) in [5.41, 5.74) is 1.35. The van der Waals surface area contributed by atoms with Gasteiger partial charge in [-0.25, -0.2) is 0 Å². The number of methoxy groups -OCH3 is 1. The molecule has 1 amide bonds. The van der Waals surface area contributed by atoms with E-state index >= 15 is 0 Å². The number of benzene rings is 2. The van der Waals surface area contributed by atoms with E-state index in [2.05, 4.69) is 34.7 Å². The van der Waals surface area contributed by atoms with Crippen LogP contribution in [0, 0.1) is 0 Å². The monoisotopic (exact) mass is 486 g/mol. The summed E-state index contributed by atoms with van der Waals surface area (Å²) in [6, 6.07) is 13.6. The zero-order valence-electron chi connectivity index (χ0n) is 18.0. The molecule has 164 valence electrons. The first-order valence-corrected chi connectivity index (χ1v) is 11.1. The quantitative estimate of drug-likeness (QED) is 0.343. The Morgan fingerprint density at radius 1 is 1.06 bits per heavy atom. The van der Waals surface area contributed by atoms with Crippen molar-refractivity contribution >= 4 is 33.4 Å². The Labute approximate surface area is 191 Å². The highest BCUT2D eigenvalue weighted by Crippen LogP contribution is 2.39. The fourth-order valence-corrected chi connectivity index (χ4v) is 4.06. The molecule has 0 aliphatic carbocycles. The molecule has 0 aromatic heterocycles. The standard InChI is InChI=1S/C24H27BrN2O4/c1-4-26(5-2)14-15-27-21(16-6-10-18(25)11-7-16)20(23(29)24(27)30)22(28)17-8-12-19(31-3)13-9-17/h6-13,21,28H,4-5,14-15H2,1-3H3/b22-20+/t21-/m0/s1. The number of hydrogen-bond donors (Lipinski definition) is 1. The topological polar surface area (TPSA) is 70.1 Å². The van der Waals surface area contributed by atoms with E-state index in [1.807, 2.05) is 24.3 Å². The van der Waals surface area contributed by atoms with Crippen molar-refractivity contribution in [1.82, 2.24) is 9.80 Å². The summed E-state index contributed by atoms with van der Waals surface area (Å²) in [4.78, 5) is 29.8. The van der Waals surface area contributed by atoms with Gasteiger partial charge in [0.15, 0.2) is 0 Å². The van der Waals surface area contributed by atoms with Gasteiger partial charge in [-0.2, -0.15) is 0 Å². The first-order chi connectivity index (χ1) is 14.9. The van der Waals surface area contributed by atoms with Crippen LogP contribution in [-0.4, -0.2) is 59.9 Å². The first-order valence-electron chi connectivity index (χ1n) is 10.3. The molecule has 6 nitrogen and oxygen atoms in total. The second-order valence-electron chi connectivity index (χ2n) is 7.30. The first kappa shape index (κ1) is 23.0. The average Bonchev–Trinajstić information content (AvgIpc) is 3.05. The van der Waals surface area contributed by atoms with Crippen LogP contribution in [0.4, 0.5) is 0 Å². The Morgan fingerprint density at radius 2 is 1.68 bits per heavy atom. The number of aliphatic hydroxyl groups is 1. The van der Waals surface area contributed by atoms with Crippen LogP contribution in [0.5, 0.6) is 5.75 Å². The van der Waals surface area contributed by atoms with E-state index in [9.17, 15) is 14.7 Å². The van der Waals surface area contributed by atoms with Crippen LogP contribution in [0.15, 0.2) is 58.6 Å². The molecular formula is C24H27BrN2O4. The summed E-state index contributed by atoms with van der Waals surface area (Å²) < 4.78 is 6.07. The maximum absolute atomic E-state index is 13.0. The maximum Gasteiger partial charge on any atom is 0.295 e. The third-order valence-electron chi connectivity index (χ3n) is 5.64. The van der Waals surface area contributed by atoms with Crippen molar-refractivity contribution in [1.29, 1.82) is 0 Å². The SMILES string of the molecule is CCN(CC)CCN1C(=O)C(=O)/C(=C(/O)c2ccc(OC)cc2)[C@@H]1c1ccc(Br)cc1. The molecule has 0 saturated carbocycles. The number of Topliss-reactive ketones (excluding diaryl/α,β-unsaturated/α-hetero) is 1. The summed E-state index contributed by atoms with van der Waals surface area (Å²) in [5, 5.41) is 11.1. The van der Waals surface area contributed by atoms with Crippen LogP contribution in [0.25, 0.3) is 5.76 Å². The lowest BCUT2D eigenvalue weighted by Gasteiger charge is -2.28. The van der Waals surface area contributed by atoms with Gasteiger partial charge in [0, 0.05) is 23.1 Å². The molecule has 0 bridgehead atoms. The van der Waals surface area contributed by atoms with Gasteiger partial charge in [-0.1, -0.05) is 41.9 Å². The molecule has 1 heterocycles. The molecular weight excluding hydrogens is 460 g/mol. The minimum atomic E-state index is -0.666. The van der Waals surface area contributed by atoms with E-state index in [1.165, 1.54) is 0 Å². The number of carbonyl (C=O) groups excluding carboxylic acids is 2. The number of likely N-dealkylation sites (tertiary alicyclic amines) is 1. The van der Waals surface area contributed by atoms with Crippen molar-refractivity contribution in [3.05, 3.63) is 69.7 Å². The minimum absolute atomic E-state index is 0.108. The lowest BCUT2D eigenvalue weighted by Crippen LogP contribution is -2.38. The number of carbonyl (C=O) groups is 2. The Hall–Kier alpha value is -2.64. The third kappa shape index (κ3) is 4.83. The van der Waals surface area contributed by atoms with Gasteiger partial charge in [-0.05, 0) is 55.1 Å². The third-order valence-corrected chi connectivity index (χ3v) is 6.17. The molecule has 31 heavy (non-hydrogen) atoms. The molecule has 2 aromatic carbocycles. The molecule has 1 N–H and O–H groups in total. The molecule has 1 aliphatic rings. The van der Waals surface area contributed by atoms with Crippen LogP contribution in [0.1, 0.15) is 31.0 Å². The number of aliphatic hydroxyl groups excluding tert-OH is 1. The fraction of sp³-hybridized carbons (Fsp3) is 0.333. The van der Waals surface area contributed by atoms with E-state index in [4.69, 9.17) is 4.74 Å². The number of likely N-dealkylation sites (N-methyl/N-ethyl adjacent to an activating group) is 1. The summed E-state index contributed by atoms with van der Waals surface area (Å²) in [6.45, 7) is 6.88. The Balaban J connectivity index is 2.07. The number of ketones is 1. The molecule has 1 fully saturated rings. The van der Waals surface area contributed by atoms with Crippen molar-refractivity contribution in [3.63, 3.8) is 0 Å². The second-order valence-corrected chi connectivity index (χ2v) is 8.22. The van der Waals surface area contributed by atoms with Gasteiger partial charge < -0.3 is 19.6 Å². The van der Waals surface area contributed by atoms with Crippen LogP contribution in [0.2, 0.25) is 0 Å². The highest BCUT2D eigenvalue weighted by atomic mass is 79.9. The predicted octanol–water partition coefficient (Wildman–Crippen LogP) is 4.22. The Bertz CT molecular complexity index is 966. The van der Waals surface area contributed by atoms with E-state index in [0.29, 0.717) is 24.4 Å². The van der Waals surface area contributed by atoms with E-state index in [1.54, 1.807) is 36.3 Å². The predicted molar refractivity (Wildman–Crippen MR) is 124 cm³/mol. The van der Waals surface area contributed by atoms with Gasteiger partial charge >= 0.3 is 0 Å². The molecule has 0 unspecified atom stereocenters.